The third-order valence-electron chi connectivity index (χ3n) is 8.70. The summed E-state index contributed by atoms with van der Waals surface area (Å²) in [5.74, 6) is 3.33. The van der Waals surface area contributed by atoms with Gasteiger partial charge in [0.1, 0.15) is 11.5 Å². The number of ether oxygens (including phenoxy) is 2. The van der Waals surface area contributed by atoms with Crippen LogP contribution in [0.1, 0.15) is 55.3 Å². The van der Waals surface area contributed by atoms with Crippen LogP contribution in [-0.4, -0.2) is 74.5 Å². The minimum atomic E-state index is -0.125. The van der Waals surface area contributed by atoms with Crippen LogP contribution in [0.15, 0.2) is 18.2 Å². The lowest BCUT2D eigenvalue weighted by Crippen LogP contribution is -2.53. The molecule has 1 N–H and O–H groups in total. The predicted molar refractivity (Wildman–Crippen MR) is 130 cm³/mol. The van der Waals surface area contributed by atoms with Crippen LogP contribution in [-0.2, 0) is 9.59 Å². The monoisotopic (exact) mass is 483 g/mol. The number of carbonyl (C=O) groups is 3. The highest BCUT2D eigenvalue weighted by Crippen LogP contribution is 2.61. The van der Waals surface area contributed by atoms with Crippen LogP contribution < -0.4 is 14.8 Å². The van der Waals surface area contributed by atoms with Crippen molar-refractivity contribution in [2.75, 3.05) is 46.9 Å². The van der Waals surface area contributed by atoms with E-state index in [1.54, 1.807) is 35.1 Å². The van der Waals surface area contributed by atoms with Gasteiger partial charge in [0.15, 0.2) is 0 Å². The molecule has 0 spiro atoms. The molecule has 1 aromatic carbocycles. The van der Waals surface area contributed by atoms with Gasteiger partial charge in [-0.05, 0) is 73.8 Å². The predicted octanol–water partition coefficient (Wildman–Crippen LogP) is 2.71. The van der Waals surface area contributed by atoms with Gasteiger partial charge in [0.25, 0.3) is 5.91 Å². The summed E-state index contributed by atoms with van der Waals surface area (Å²) in [5.41, 5.74) is 0.654. The zero-order valence-corrected chi connectivity index (χ0v) is 20.9. The molecule has 1 heterocycles. The van der Waals surface area contributed by atoms with E-state index in [9.17, 15) is 14.4 Å². The maximum atomic E-state index is 13.0. The van der Waals surface area contributed by atoms with Crippen molar-refractivity contribution in [1.29, 1.82) is 0 Å². The Morgan fingerprint density at radius 3 is 2.09 bits per heavy atom. The van der Waals surface area contributed by atoms with E-state index in [0.717, 1.165) is 17.8 Å². The molecule has 8 nitrogen and oxygen atoms in total. The first-order chi connectivity index (χ1) is 16.9. The van der Waals surface area contributed by atoms with Crippen LogP contribution >= 0.6 is 0 Å². The zero-order valence-electron chi connectivity index (χ0n) is 20.9. The van der Waals surface area contributed by atoms with E-state index in [-0.39, 0.29) is 29.7 Å². The van der Waals surface area contributed by atoms with Crippen molar-refractivity contribution in [1.82, 2.24) is 15.1 Å². The number of rotatable bonds is 7. The molecule has 0 unspecified atom stereocenters. The summed E-state index contributed by atoms with van der Waals surface area (Å²) in [7, 11) is 3.09. The van der Waals surface area contributed by atoms with E-state index < -0.39 is 0 Å². The van der Waals surface area contributed by atoms with E-state index >= 15 is 0 Å². The Bertz CT molecular complexity index is 950. The fourth-order valence-electron chi connectivity index (χ4n) is 7.50. The highest BCUT2D eigenvalue weighted by Gasteiger charge is 2.51. The highest BCUT2D eigenvalue weighted by atomic mass is 16.5. The lowest BCUT2D eigenvalue weighted by molar-refractivity contribution is -0.136. The number of nitrogens with one attached hydrogen (secondary N) is 1. The van der Waals surface area contributed by atoms with Crippen molar-refractivity contribution in [3.63, 3.8) is 0 Å². The number of methoxy groups -OCH3 is 2. The van der Waals surface area contributed by atoms with Gasteiger partial charge in [0.05, 0.1) is 26.3 Å². The summed E-state index contributed by atoms with van der Waals surface area (Å²) >= 11 is 0. The van der Waals surface area contributed by atoms with Gasteiger partial charge in [-0.25, -0.2) is 0 Å². The molecule has 8 heteroatoms. The molecular formula is C27H37N3O5. The Labute approximate surface area is 207 Å². The van der Waals surface area contributed by atoms with Gasteiger partial charge in [-0.15, -0.1) is 0 Å². The van der Waals surface area contributed by atoms with Crippen LogP contribution in [0.4, 0.5) is 0 Å². The van der Waals surface area contributed by atoms with Gasteiger partial charge >= 0.3 is 0 Å². The largest absolute Gasteiger partial charge is 0.497 e. The standard InChI is InChI=1S/C27H37N3O5/c1-34-21-3-4-22(23(12-21)35-2)26(33)30-7-5-29(6-8-30)25(32)17-28-24(31)16-27-13-18-9-19(14-27)11-20(10-18)15-27/h3-4,12,18-20H,5-11,13-17H2,1-2H3,(H,28,31). The van der Waals surface area contributed by atoms with Gasteiger partial charge in [0, 0.05) is 38.7 Å². The molecule has 1 aliphatic heterocycles. The SMILES string of the molecule is COc1ccc(C(=O)N2CCN(C(=O)CNC(=O)CC34CC5CC(CC(C5)C3)C4)CC2)c(OC)c1. The van der Waals surface area contributed by atoms with Crippen molar-refractivity contribution in [3.05, 3.63) is 23.8 Å². The van der Waals surface area contributed by atoms with Crippen molar-refractivity contribution in [2.45, 2.75) is 44.9 Å². The minimum Gasteiger partial charge on any atom is -0.497 e. The lowest BCUT2D eigenvalue weighted by atomic mass is 9.49. The van der Waals surface area contributed by atoms with Crippen LogP contribution in [0.3, 0.4) is 0 Å². The Balaban J connectivity index is 1.09. The van der Waals surface area contributed by atoms with Gasteiger partial charge in [0.2, 0.25) is 11.8 Å². The molecule has 0 aromatic heterocycles. The number of carbonyl (C=O) groups excluding carboxylic acids is 3. The summed E-state index contributed by atoms with van der Waals surface area (Å²) in [4.78, 5) is 42.0. The molecule has 3 amide bonds. The third kappa shape index (κ3) is 4.98. The Hall–Kier alpha value is -2.77. The summed E-state index contributed by atoms with van der Waals surface area (Å²) in [5, 5.41) is 2.90. The van der Waals surface area contributed by atoms with Crippen LogP contribution in [0.25, 0.3) is 0 Å². The quantitative estimate of drug-likeness (QED) is 0.644. The number of hydrogen-bond donors (Lipinski definition) is 1. The van der Waals surface area contributed by atoms with E-state index in [4.69, 9.17) is 9.47 Å². The molecule has 0 radical (unpaired) electrons. The summed E-state index contributed by atoms with van der Waals surface area (Å²) in [6.45, 7) is 1.83. The van der Waals surface area contributed by atoms with Gasteiger partial charge in [-0.1, -0.05) is 0 Å². The van der Waals surface area contributed by atoms with Gasteiger partial charge in [-0.3, -0.25) is 14.4 Å². The second kappa shape index (κ2) is 9.70. The fourth-order valence-corrected chi connectivity index (χ4v) is 7.50. The molecule has 190 valence electrons. The maximum absolute atomic E-state index is 13.0. The molecule has 1 saturated heterocycles. The van der Waals surface area contributed by atoms with Crippen LogP contribution in [0.2, 0.25) is 0 Å². The Morgan fingerprint density at radius 1 is 0.914 bits per heavy atom. The molecule has 4 bridgehead atoms. The topological polar surface area (TPSA) is 88.2 Å². The number of benzene rings is 1. The first kappa shape index (κ1) is 23.9. The number of nitrogens with zero attached hydrogens (tertiary/aromatic N) is 2. The zero-order chi connectivity index (χ0) is 24.6. The van der Waals surface area contributed by atoms with Crippen LogP contribution in [0, 0.1) is 23.2 Å². The second-order valence-corrected chi connectivity index (χ2v) is 11.1. The molecule has 5 aliphatic rings. The average Bonchev–Trinajstić information content (AvgIpc) is 2.85. The molecule has 0 atom stereocenters. The molecule has 6 rings (SSSR count). The summed E-state index contributed by atoms with van der Waals surface area (Å²) in [6, 6.07) is 5.14. The normalized spacial score (nSPS) is 29.1. The molecule has 4 aliphatic carbocycles. The Morgan fingerprint density at radius 2 is 1.51 bits per heavy atom. The van der Waals surface area contributed by atoms with Crippen molar-refractivity contribution in [3.8, 4) is 11.5 Å². The van der Waals surface area contributed by atoms with E-state index in [0.29, 0.717) is 49.7 Å². The fraction of sp³-hybridized carbons (Fsp3) is 0.667. The Kier molecular flexibility index (Phi) is 6.64. The number of amides is 3. The summed E-state index contributed by atoms with van der Waals surface area (Å²) in [6.07, 6.45) is 8.22. The smallest absolute Gasteiger partial charge is 0.257 e. The second-order valence-electron chi connectivity index (χ2n) is 11.1. The highest BCUT2D eigenvalue weighted by molar-refractivity contribution is 5.97. The number of hydrogen-bond acceptors (Lipinski definition) is 5. The summed E-state index contributed by atoms with van der Waals surface area (Å²) < 4.78 is 10.6. The minimum absolute atomic E-state index is 0.0146. The van der Waals surface area contributed by atoms with Crippen LogP contribution in [0.5, 0.6) is 11.5 Å². The van der Waals surface area contributed by atoms with Crippen molar-refractivity contribution >= 4 is 17.7 Å². The molecule has 1 aromatic rings. The maximum Gasteiger partial charge on any atom is 0.257 e. The average molecular weight is 484 g/mol. The molecule has 4 saturated carbocycles. The lowest BCUT2D eigenvalue weighted by Gasteiger charge is -2.56. The molecule has 5 fully saturated rings. The number of piperazine rings is 1. The van der Waals surface area contributed by atoms with Crippen molar-refractivity contribution < 1.29 is 23.9 Å². The molecule has 35 heavy (non-hydrogen) atoms. The third-order valence-corrected chi connectivity index (χ3v) is 8.70. The van der Waals surface area contributed by atoms with Gasteiger partial charge in [-0.2, -0.15) is 0 Å². The van der Waals surface area contributed by atoms with Gasteiger partial charge < -0.3 is 24.6 Å². The van der Waals surface area contributed by atoms with E-state index in [1.807, 2.05) is 0 Å². The van der Waals surface area contributed by atoms with E-state index in [2.05, 4.69) is 5.32 Å². The van der Waals surface area contributed by atoms with E-state index in [1.165, 1.54) is 45.6 Å². The molecular weight excluding hydrogens is 446 g/mol. The first-order valence-electron chi connectivity index (χ1n) is 12.9. The van der Waals surface area contributed by atoms with Crippen molar-refractivity contribution in [2.24, 2.45) is 23.2 Å². The first-order valence-corrected chi connectivity index (χ1v) is 12.9.